The van der Waals surface area contributed by atoms with Gasteiger partial charge >= 0.3 is 5.92 Å². The van der Waals surface area contributed by atoms with Gasteiger partial charge in [0.15, 0.2) is 6.17 Å². The Labute approximate surface area is 132 Å². The molecule has 0 spiro atoms. The second-order valence-corrected chi connectivity index (χ2v) is 5.74. The smallest absolute Gasteiger partial charge is 0.282 e. The van der Waals surface area contributed by atoms with Gasteiger partial charge in [-0.05, 0) is 0 Å². The van der Waals surface area contributed by atoms with Gasteiger partial charge in [-0.25, -0.2) is 22.0 Å². The molecule has 23 heavy (non-hydrogen) atoms. The molecule has 9 heteroatoms. The first-order chi connectivity index (χ1) is 10.6. The van der Waals surface area contributed by atoms with Crippen LogP contribution in [0.5, 0.6) is 0 Å². The van der Waals surface area contributed by atoms with Crippen LogP contribution in [0.3, 0.4) is 0 Å². The molecular formula is C14H13F7OS. The number of hydrogen-bond acceptors (Lipinski definition) is 2. The summed E-state index contributed by atoms with van der Waals surface area (Å²) in [6.45, 7) is -2.27. The number of carbonyl (C=O) groups excluding carboxylic acids is 1. The summed E-state index contributed by atoms with van der Waals surface area (Å²) in [5.41, 5.74) is 0.212. The van der Waals surface area contributed by atoms with Crippen molar-refractivity contribution in [2.75, 3.05) is 12.4 Å². The number of thioether (sulfide) groups is 1. The van der Waals surface area contributed by atoms with E-state index in [-0.39, 0.29) is 5.56 Å². The fraction of sp³-hybridized carbons (Fsp3) is 0.500. The van der Waals surface area contributed by atoms with Gasteiger partial charge in [-0.3, -0.25) is 4.79 Å². The Morgan fingerprint density at radius 3 is 2.17 bits per heavy atom. The van der Waals surface area contributed by atoms with Gasteiger partial charge in [-0.1, -0.05) is 42.1 Å². The van der Waals surface area contributed by atoms with Crippen molar-refractivity contribution in [2.45, 2.75) is 30.6 Å². The second kappa shape index (κ2) is 8.03. The molecule has 0 N–H and O–H groups in total. The van der Waals surface area contributed by atoms with Gasteiger partial charge in [-0.2, -0.15) is 8.78 Å². The van der Waals surface area contributed by atoms with Crippen LogP contribution in [-0.4, -0.2) is 41.7 Å². The van der Waals surface area contributed by atoms with Crippen LogP contribution in [0.2, 0.25) is 0 Å². The summed E-state index contributed by atoms with van der Waals surface area (Å²) >= 11 is 0.400. The SMILES string of the molecule is O=C(SCCC(F)(F)C(F)C(F)(F)C(F)CF)c1ccccc1. The first kappa shape index (κ1) is 19.8. The monoisotopic (exact) mass is 362 g/mol. The van der Waals surface area contributed by atoms with Gasteiger partial charge in [0, 0.05) is 17.7 Å². The lowest BCUT2D eigenvalue weighted by Gasteiger charge is -2.28. The summed E-state index contributed by atoms with van der Waals surface area (Å²) < 4.78 is 90.5. The summed E-state index contributed by atoms with van der Waals surface area (Å²) in [6, 6.07) is 7.56. The Kier molecular flexibility index (Phi) is 6.91. The maximum absolute atomic E-state index is 13.4. The number of alkyl halides is 7. The first-order valence-corrected chi connectivity index (χ1v) is 7.43. The number of halogens is 7. The van der Waals surface area contributed by atoms with Crippen LogP contribution in [0.1, 0.15) is 16.8 Å². The Balaban J connectivity index is 2.60. The molecule has 0 aliphatic heterocycles. The van der Waals surface area contributed by atoms with Gasteiger partial charge in [0.25, 0.3) is 5.92 Å². The maximum Gasteiger partial charge on any atom is 0.317 e. The minimum atomic E-state index is -5.15. The van der Waals surface area contributed by atoms with E-state index in [2.05, 4.69) is 0 Å². The van der Waals surface area contributed by atoms with E-state index < -0.39 is 48.2 Å². The van der Waals surface area contributed by atoms with Crippen molar-refractivity contribution in [3.8, 4) is 0 Å². The van der Waals surface area contributed by atoms with Crippen LogP contribution in [0.15, 0.2) is 30.3 Å². The average Bonchev–Trinajstić information content (AvgIpc) is 2.53. The fourth-order valence-electron chi connectivity index (χ4n) is 1.61. The van der Waals surface area contributed by atoms with E-state index in [1.807, 2.05) is 0 Å². The largest absolute Gasteiger partial charge is 0.317 e. The lowest BCUT2D eigenvalue weighted by molar-refractivity contribution is -0.209. The Bertz CT molecular complexity index is 509. The molecule has 0 heterocycles. The number of benzene rings is 1. The summed E-state index contributed by atoms with van der Waals surface area (Å²) in [5.74, 6) is -10.4. The Morgan fingerprint density at radius 2 is 1.65 bits per heavy atom. The second-order valence-electron chi connectivity index (χ2n) is 4.67. The molecular weight excluding hydrogens is 349 g/mol. The zero-order valence-electron chi connectivity index (χ0n) is 11.6. The summed E-state index contributed by atoms with van der Waals surface area (Å²) in [4.78, 5) is 11.6. The highest BCUT2D eigenvalue weighted by atomic mass is 32.2. The Hall–Kier alpha value is -1.25. The Morgan fingerprint density at radius 1 is 1.09 bits per heavy atom. The molecule has 1 aromatic carbocycles. The van der Waals surface area contributed by atoms with Crippen molar-refractivity contribution in [3.63, 3.8) is 0 Å². The van der Waals surface area contributed by atoms with Crippen molar-refractivity contribution in [1.82, 2.24) is 0 Å². The molecule has 0 bridgehead atoms. The normalized spacial score (nSPS) is 15.3. The predicted octanol–water partition coefficient (Wildman–Crippen LogP) is 4.87. The molecule has 1 nitrogen and oxygen atoms in total. The van der Waals surface area contributed by atoms with E-state index in [1.54, 1.807) is 18.2 Å². The van der Waals surface area contributed by atoms with Crippen LogP contribution in [-0.2, 0) is 0 Å². The molecule has 0 amide bonds. The topological polar surface area (TPSA) is 17.1 Å². The van der Waals surface area contributed by atoms with Crippen LogP contribution in [0, 0.1) is 0 Å². The average molecular weight is 362 g/mol. The molecule has 0 saturated heterocycles. The molecule has 1 rings (SSSR count). The summed E-state index contributed by atoms with van der Waals surface area (Å²) in [7, 11) is 0. The van der Waals surface area contributed by atoms with Crippen LogP contribution in [0.4, 0.5) is 30.7 Å². The number of rotatable bonds is 8. The lowest BCUT2D eigenvalue weighted by atomic mass is 10.0. The van der Waals surface area contributed by atoms with Crippen LogP contribution < -0.4 is 0 Å². The lowest BCUT2D eigenvalue weighted by Crippen LogP contribution is -2.50. The molecule has 0 radical (unpaired) electrons. The maximum atomic E-state index is 13.4. The van der Waals surface area contributed by atoms with Crippen molar-refractivity contribution in [3.05, 3.63) is 35.9 Å². The molecule has 0 aromatic heterocycles. The summed E-state index contributed by atoms with van der Waals surface area (Å²) in [6.07, 6.45) is -9.23. The predicted molar refractivity (Wildman–Crippen MR) is 73.5 cm³/mol. The van der Waals surface area contributed by atoms with E-state index in [0.717, 1.165) is 0 Å². The molecule has 2 unspecified atom stereocenters. The standard InChI is InChI=1S/C14H13F7OS/c15-8-10(16)14(20,21)12(17)13(18,19)6-7-23-11(22)9-4-2-1-3-5-9/h1-5,10,12H,6-8H2. The van der Waals surface area contributed by atoms with Crippen LogP contribution >= 0.6 is 11.8 Å². The van der Waals surface area contributed by atoms with E-state index in [9.17, 15) is 35.5 Å². The van der Waals surface area contributed by atoms with Gasteiger partial charge < -0.3 is 0 Å². The van der Waals surface area contributed by atoms with Gasteiger partial charge in [-0.15, -0.1) is 0 Å². The minimum Gasteiger partial charge on any atom is -0.282 e. The van der Waals surface area contributed by atoms with Crippen molar-refractivity contribution < 1.29 is 35.5 Å². The molecule has 0 saturated carbocycles. The first-order valence-electron chi connectivity index (χ1n) is 6.45. The van der Waals surface area contributed by atoms with E-state index in [4.69, 9.17) is 0 Å². The van der Waals surface area contributed by atoms with E-state index >= 15 is 0 Å². The van der Waals surface area contributed by atoms with Crippen molar-refractivity contribution in [1.29, 1.82) is 0 Å². The molecule has 1 aromatic rings. The molecule has 2 atom stereocenters. The third-order valence-electron chi connectivity index (χ3n) is 2.94. The van der Waals surface area contributed by atoms with E-state index in [1.165, 1.54) is 12.1 Å². The fourth-order valence-corrected chi connectivity index (χ4v) is 2.47. The highest BCUT2D eigenvalue weighted by Gasteiger charge is 2.59. The van der Waals surface area contributed by atoms with Gasteiger partial charge in [0.2, 0.25) is 11.3 Å². The van der Waals surface area contributed by atoms with Crippen molar-refractivity contribution in [2.24, 2.45) is 0 Å². The molecule has 0 aliphatic carbocycles. The molecule has 0 fully saturated rings. The molecule has 0 aliphatic rings. The van der Waals surface area contributed by atoms with Gasteiger partial charge in [0.05, 0.1) is 0 Å². The number of carbonyl (C=O) groups is 1. The highest BCUT2D eigenvalue weighted by Crippen LogP contribution is 2.40. The third-order valence-corrected chi connectivity index (χ3v) is 3.85. The van der Waals surface area contributed by atoms with Gasteiger partial charge in [0.1, 0.15) is 6.67 Å². The highest BCUT2D eigenvalue weighted by molar-refractivity contribution is 8.14. The quantitative estimate of drug-likeness (QED) is 0.614. The number of hydrogen-bond donors (Lipinski definition) is 0. The zero-order chi connectivity index (χ0) is 17.7. The van der Waals surface area contributed by atoms with E-state index in [0.29, 0.717) is 11.8 Å². The zero-order valence-corrected chi connectivity index (χ0v) is 12.4. The summed E-state index contributed by atoms with van der Waals surface area (Å²) in [5, 5.41) is -0.587. The van der Waals surface area contributed by atoms with Crippen molar-refractivity contribution >= 4 is 16.9 Å². The third kappa shape index (κ3) is 5.12. The molecule has 130 valence electrons. The van der Waals surface area contributed by atoms with Crippen LogP contribution in [0.25, 0.3) is 0 Å². The minimum absolute atomic E-state index is 0.212.